The van der Waals surface area contributed by atoms with Gasteiger partial charge in [-0.15, -0.1) is 0 Å². The summed E-state index contributed by atoms with van der Waals surface area (Å²) >= 11 is 0. The van der Waals surface area contributed by atoms with Gasteiger partial charge in [0.2, 0.25) is 0 Å². The van der Waals surface area contributed by atoms with Crippen LogP contribution in [0.1, 0.15) is 90.4 Å². The Labute approximate surface area is 187 Å². The van der Waals surface area contributed by atoms with Crippen molar-refractivity contribution in [1.29, 1.82) is 0 Å². The zero-order chi connectivity index (χ0) is 22.3. The van der Waals surface area contributed by atoms with Crippen LogP contribution < -0.4 is 0 Å². The minimum absolute atomic E-state index is 0.143. The van der Waals surface area contributed by atoms with Gasteiger partial charge in [0.15, 0.2) is 0 Å². The second-order valence-electron chi connectivity index (χ2n) is 9.68. The van der Waals surface area contributed by atoms with Gasteiger partial charge in [-0.1, -0.05) is 50.5 Å². The number of allylic oxidation sites excluding steroid dienone is 1. The Morgan fingerprint density at radius 3 is 2.74 bits per heavy atom. The van der Waals surface area contributed by atoms with E-state index in [1.165, 1.54) is 24.8 Å². The van der Waals surface area contributed by atoms with E-state index in [9.17, 15) is 15.0 Å². The van der Waals surface area contributed by atoms with Crippen LogP contribution in [0.2, 0.25) is 0 Å². The van der Waals surface area contributed by atoms with Gasteiger partial charge in [0.1, 0.15) is 6.10 Å². The number of unbranched alkanes of at least 4 members (excludes halogenated alkanes) is 2. The molecule has 3 saturated carbocycles. The van der Waals surface area contributed by atoms with E-state index in [4.69, 9.17) is 9.84 Å². The average Bonchev–Trinajstić information content (AvgIpc) is 2.76. The van der Waals surface area contributed by atoms with Crippen molar-refractivity contribution in [2.24, 2.45) is 17.8 Å². The highest BCUT2D eigenvalue weighted by molar-refractivity contribution is 5.66. The van der Waals surface area contributed by atoms with Crippen LogP contribution in [0.15, 0.2) is 11.6 Å². The fourth-order valence-corrected chi connectivity index (χ4v) is 5.66. The van der Waals surface area contributed by atoms with Crippen molar-refractivity contribution in [3.8, 4) is 11.8 Å². The first-order valence-electron chi connectivity index (χ1n) is 12.4. The van der Waals surface area contributed by atoms with Crippen molar-refractivity contribution in [2.45, 2.75) is 108 Å². The molecule has 0 aliphatic heterocycles. The lowest BCUT2D eigenvalue weighted by Crippen LogP contribution is -2.60. The molecule has 0 aromatic rings. The molecular formula is C26H40O5. The normalized spacial score (nSPS) is 33.1. The predicted molar refractivity (Wildman–Crippen MR) is 120 cm³/mol. The molecule has 5 atom stereocenters. The zero-order valence-corrected chi connectivity index (χ0v) is 19.0. The molecule has 0 aromatic heterocycles. The van der Waals surface area contributed by atoms with Crippen molar-refractivity contribution in [3.05, 3.63) is 11.6 Å². The number of carboxylic acids is 1. The number of aliphatic hydroxyl groups is 2. The molecule has 0 saturated heterocycles. The molecule has 3 fully saturated rings. The zero-order valence-electron chi connectivity index (χ0n) is 19.0. The van der Waals surface area contributed by atoms with Crippen LogP contribution in [0.4, 0.5) is 0 Å². The molecule has 174 valence electrons. The summed E-state index contributed by atoms with van der Waals surface area (Å²) in [6.45, 7) is 2.84. The van der Waals surface area contributed by atoms with Gasteiger partial charge in [0, 0.05) is 18.9 Å². The van der Waals surface area contributed by atoms with Gasteiger partial charge in [0.05, 0.1) is 17.6 Å². The molecule has 3 aliphatic carbocycles. The van der Waals surface area contributed by atoms with Crippen molar-refractivity contribution >= 4 is 5.97 Å². The first-order chi connectivity index (χ1) is 15.0. The summed E-state index contributed by atoms with van der Waals surface area (Å²) in [6, 6.07) is 0. The highest BCUT2D eigenvalue weighted by Crippen LogP contribution is 2.57. The molecule has 0 unspecified atom stereocenters. The summed E-state index contributed by atoms with van der Waals surface area (Å²) in [7, 11) is 0. The maximum atomic E-state index is 10.8. The number of aliphatic carboxylic acids is 1. The lowest BCUT2D eigenvalue weighted by molar-refractivity contribution is -0.156. The van der Waals surface area contributed by atoms with Crippen molar-refractivity contribution in [2.75, 3.05) is 6.61 Å². The Morgan fingerprint density at radius 2 is 2.03 bits per heavy atom. The standard InChI is InChI=1S/C26H40O5/c1-2-3-17-31-26-16-15-24(28)21(13-14-23(27)19-9-5-4-6-10-19)22(26)18-20(26)11-7-8-12-25(29)30/h11,19,21-24,27-28H,2-10,12,15-18H2,1H3,(H,29,30)/t21-,22-,23+,24-,26+/m0/s1. The smallest absolute Gasteiger partial charge is 0.303 e. The molecule has 3 N–H and O–H groups in total. The summed E-state index contributed by atoms with van der Waals surface area (Å²) in [5.41, 5.74) is 0.887. The minimum atomic E-state index is -0.758. The molecule has 31 heavy (non-hydrogen) atoms. The number of carbonyl (C=O) groups is 1. The summed E-state index contributed by atoms with van der Waals surface area (Å²) in [5.74, 6) is 5.86. The van der Waals surface area contributed by atoms with E-state index in [2.05, 4.69) is 24.8 Å². The van der Waals surface area contributed by atoms with Crippen LogP contribution in [0, 0.1) is 29.6 Å². The molecule has 0 heterocycles. The highest BCUT2D eigenvalue weighted by Gasteiger charge is 2.58. The molecule has 5 heteroatoms. The molecule has 0 aromatic carbocycles. The fraction of sp³-hybridized carbons (Fsp3) is 0.808. The summed E-state index contributed by atoms with van der Waals surface area (Å²) in [6.07, 6.45) is 12.7. The molecule has 0 radical (unpaired) electrons. The Balaban J connectivity index is 1.71. The van der Waals surface area contributed by atoms with E-state index >= 15 is 0 Å². The van der Waals surface area contributed by atoms with Gasteiger partial charge in [-0.05, 0) is 62.9 Å². The van der Waals surface area contributed by atoms with Gasteiger partial charge >= 0.3 is 5.97 Å². The topological polar surface area (TPSA) is 87.0 Å². The Kier molecular flexibility index (Phi) is 9.01. The highest BCUT2D eigenvalue weighted by atomic mass is 16.5. The first-order valence-corrected chi connectivity index (χ1v) is 12.4. The van der Waals surface area contributed by atoms with Crippen LogP contribution in [-0.2, 0) is 9.53 Å². The number of aliphatic hydroxyl groups excluding tert-OH is 2. The minimum Gasteiger partial charge on any atom is -0.481 e. The van der Waals surface area contributed by atoms with Crippen molar-refractivity contribution < 1.29 is 24.9 Å². The quantitative estimate of drug-likeness (QED) is 0.284. The molecule has 3 aliphatic rings. The Morgan fingerprint density at radius 1 is 1.26 bits per heavy atom. The fourth-order valence-electron chi connectivity index (χ4n) is 5.66. The average molecular weight is 433 g/mol. The van der Waals surface area contributed by atoms with Crippen LogP contribution >= 0.6 is 0 Å². The lowest BCUT2D eigenvalue weighted by Gasteiger charge is -2.57. The van der Waals surface area contributed by atoms with E-state index in [1.54, 1.807) is 0 Å². The van der Waals surface area contributed by atoms with Crippen LogP contribution in [-0.4, -0.2) is 45.7 Å². The van der Waals surface area contributed by atoms with Crippen LogP contribution in [0.3, 0.4) is 0 Å². The van der Waals surface area contributed by atoms with E-state index in [0.717, 1.165) is 44.9 Å². The number of rotatable bonds is 9. The third-order valence-corrected chi connectivity index (χ3v) is 7.58. The van der Waals surface area contributed by atoms with E-state index < -0.39 is 18.2 Å². The Bertz CT molecular complexity index is 684. The van der Waals surface area contributed by atoms with Gasteiger partial charge in [-0.3, -0.25) is 4.79 Å². The van der Waals surface area contributed by atoms with Gasteiger partial charge in [-0.25, -0.2) is 0 Å². The summed E-state index contributed by atoms with van der Waals surface area (Å²) in [4.78, 5) is 10.8. The van der Waals surface area contributed by atoms with Crippen molar-refractivity contribution in [3.63, 3.8) is 0 Å². The molecule has 3 rings (SSSR count). The van der Waals surface area contributed by atoms with E-state index in [1.807, 2.05) is 0 Å². The lowest BCUT2D eigenvalue weighted by atomic mass is 9.53. The summed E-state index contributed by atoms with van der Waals surface area (Å²) < 4.78 is 6.48. The van der Waals surface area contributed by atoms with Crippen LogP contribution in [0.5, 0.6) is 0 Å². The second-order valence-corrected chi connectivity index (χ2v) is 9.68. The van der Waals surface area contributed by atoms with Gasteiger partial charge in [0.25, 0.3) is 0 Å². The molecule has 0 bridgehead atoms. The largest absolute Gasteiger partial charge is 0.481 e. The Hall–Kier alpha value is -1.35. The van der Waals surface area contributed by atoms with Crippen LogP contribution in [0.25, 0.3) is 0 Å². The number of carboxylic acid groups (broad SMARTS) is 1. The monoisotopic (exact) mass is 432 g/mol. The van der Waals surface area contributed by atoms with Gasteiger partial charge in [-0.2, -0.15) is 0 Å². The molecule has 0 spiro atoms. The summed E-state index contributed by atoms with van der Waals surface area (Å²) in [5, 5.41) is 30.2. The molecule has 5 nitrogen and oxygen atoms in total. The molecule has 0 amide bonds. The van der Waals surface area contributed by atoms with E-state index in [0.29, 0.717) is 19.4 Å². The molecular weight excluding hydrogens is 392 g/mol. The number of hydrogen-bond donors (Lipinski definition) is 3. The first kappa shape index (κ1) is 24.3. The van der Waals surface area contributed by atoms with Crippen molar-refractivity contribution in [1.82, 2.24) is 0 Å². The number of ether oxygens (including phenoxy) is 1. The number of fused-ring (bicyclic) bond motifs is 1. The maximum Gasteiger partial charge on any atom is 0.303 e. The maximum absolute atomic E-state index is 10.8. The third kappa shape index (κ3) is 5.92. The van der Waals surface area contributed by atoms with Gasteiger partial charge < -0.3 is 20.1 Å². The predicted octanol–water partition coefficient (Wildman–Crippen LogP) is 4.46. The SMILES string of the molecule is CCCCO[C@@]12CC[C@H](O)[C@@H](C#C[C@@H](O)C3CCCCC3)[C@@H]1CC2=CCCCC(=O)O. The van der Waals surface area contributed by atoms with E-state index in [-0.39, 0.29) is 29.8 Å². The third-order valence-electron chi connectivity index (χ3n) is 7.58. The number of hydrogen-bond acceptors (Lipinski definition) is 4. The second kappa shape index (κ2) is 11.5.